The van der Waals surface area contributed by atoms with E-state index in [2.05, 4.69) is 20.3 Å². The van der Waals surface area contributed by atoms with E-state index in [4.69, 9.17) is 5.11 Å². The summed E-state index contributed by atoms with van der Waals surface area (Å²) >= 11 is 0. The van der Waals surface area contributed by atoms with E-state index in [-0.39, 0.29) is 12.5 Å². The highest BCUT2D eigenvalue weighted by atomic mass is 19.3. The van der Waals surface area contributed by atoms with Crippen LogP contribution < -0.4 is 5.32 Å². The highest BCUT2D eigenvalue weighted by molar-refractivity contribution is 5.91. The first kappa shape index (κ1) is 15.1. The SMILES string of the molecule is O=C(O)N1CCC[C@@H](Nc2ncnc3[nH]cc(C4CC4(F)F)c23)C1. The molecular formula is C15H17F2N5O2. The predicted octanol–water partition coefficient (Wildman–Crippen LogP) is 2.63. The maximum absolute atomic E-state index is 13.5. The topological polar surface area (TPSA) is 94.1 Å². The summed E-state index contributed by atoms with van der Waals surface area (Å²) in [5.41, 5.74) is 1.03. The van der Waals surface area contributed by atoms with Crippen LogP contribution in [0.15, 0.2) is 12.5 Å². The minimum atomic E-state index is -2.67. The van der Waals surface area contributed by atoms with Gasteiger partial charge in [-0.25, -0.2) is 23.5 Å². The van der Waals surface area contributed by atoms with Crippen molar-refractivity contribution in [2.75, 3.05) is 18.4 Å². The third-order valence-corrected chi connectivity index (χ3v) is 4.73. The summed E-state index contributed by atoms with van der Waals surface area (Å²) < 4.78 is 26.9. The number of hydrogen-bond acceptors (Lipinski definition) is 4. The number of piperidine rings is 1. The van der Waals surface area contributed by atoms with Gasteiger partial charge in [0.2, 0.25) is 0 Å². The summed E-state index contributed by atoms with van der Waals surface area (Å²) in [5.74, 6) is -3.00. The number of fused-ring (bicyclic) bond motifs is 1. The van der Waals surface area contributed by atoms with Crippen LogP contribution >= 0.6 is 0 Å². The van der Waals surface area contributed by atoms with E-state index < -0.39 is 17.9 Å². The lowest BCUT2D eigenvalue weighted by Crippen LogP contribution is -2.44. The van der Waals surface area contributed by atoms with Crippen molar-refractivity contribution in [2.45, 2.75) is 37.1 Å². The molecule has 1 unspecified atom stereocenters. The van der Waals surface area contributed by atoms with Gasteiger partial charge in [0.1, 0.15) is 17.8 Å². The molecule has 2 aromatic heterocycles. The first-order chi connectivity index (χ1) is 11.5. The van der Waals surface area contributed by atoms with Crippen molar-refractivity contribution in [3.05, 3.63) is 18.1 Å². The minimum absolute atomic E-state index is 0.101. The highest BCUT2D eigenvalue weighted by Gasteiger charge is 2.58. The number of aromatic amines is 1. The van der Waals surface area contributed by atoms with Crippen LogP contribution in [0.25, 0.3) is 11.0 Å². The Bertz CT molecular complexity index is 793. The van der Waals surface area contributed by atoms with Crippen LogP contribution in [0.2, 0.25) is 0 Å². The Hall–Kier alpha value is -2.45. The van der Waals surface area contributed by atoms with Gasteiger partial charge in [-0.15, -0.1) is 0 Å². The van der Waals surface area contributed by atoms with Crippen molar-refractivity contribution >= 4 is 22.9 Å². The largest absolute Gasteiger partial charge is 0.465 e. The molecule has 1 amide bonds. The van der Waals surface area contributed by atoms with Gasteiger partial charge < -0.3 is 20.3 Å². The molecule has 128 valence electrons. The summed E-state index contributed by atoms with van der Waals surface area (Å²) in [4.78, 5) is 23.7. The van der Waals surface area contributed by atoms with Crippen molar-refractivity contribution in [1.82, 2.24) is 19.9 Å². The van der Waals surface area contributed by atoms with Crippen molar-refractivity contribution in [2.24, 2.45) is 0 Å². The zero-order valence-corrected chi connectivity index (χ0v) is 12.8. The lowest BCUT2D eigenvalue weighted by Gasteiger charge is -2.31. The lowest BCUT2D eigenvalue weighted by atomic mass is 10.1. The Morgan fingerprint density at radius 1 is 1.46 bits per heavy atom. The highest BCUT2D eigenvalue weighted by Crippen LogP contribution is 2.57. The van der Waals surface area contributed by atoms with E-state index in [1.165, 1.54) is 11.2 Å². The molecular weight excluding hydrogens is 320 g/mol. The molecule has 0 radical (unpaired) electrons. The van der Waals surface area contributed by atoms with Gasteiger partial charge in [-0.2, -0.15) is 0 Å². The van der Waals surface area contributed by atoms with Gasteiger partial charge in [-0.05, 0) is 18.4 Å². The van der Waals surface area contributed by atoms with Crippen LogP contribution in [-0.4, -0.2) is 56.1 Å². The predicted molar refractivity (Wildman–Crippen MR) is 82.4 cm³/mol. The lowest BCUT2D eigenvalue weighted by molar-refractivity contribution is 0.112. The molecule has 1 aliphatic heterocycles. The standard InChI is InChI=1S/C15H17F2N5O2/c16-15(17)4-10(15)9-5-18-12-11(9)13(20-7-19-12)21-8-2-1-3-22(6-8)14(23)24/h5,7-8,10H,1-4,6H2,(H,23,24)(H2,18,19,20,21)/t8-,10?/m1/s1. The van der Waals surface area contributed by atoms with Crippen LogP contribution in [-0.2, 0) is 0 Å². The summed E-state index contributed by atoms with van der Waals surface area (Å²) in [5, 5.41) is 12.9. The first-order valence-electron chi connectivity index (χ1n) is 7.90. The quantitative estimate of drug-likeness (QED) is 0.800. The molecule has 2 fully saturated rings. The molecule has 9 heteroatoms. The fourth-order valence-electron chi connectivity index (χ4n) is 3.38. The van der Waals surface area contributed by atoms with E-state index in [0.717, 1.165) is 12.8 Å². The monoisotopic (exact) mass is 337 g/mol. The van der Waals surface area contributed by atoms with E-state index >= 15 is 0 Å². The average Bonchev–Trinajstić information content (AvgIpc) is 2.99. The number of nitrogens with one attached hydrogen (secondary N) is 2. The smallest absolute Gasteiger partial charge is 0.407 e. The van der Waals surface area contributed by atoms with Gasteiger partial charge in [0, 0.05) is 31.7 Å². The number of hydrogen-bond donors (Lipinski definition) is 3. The summed E-state index contributed by atoms with van der Waals surface area (Å²) in [6.07, 6.45) is 3.38. The Kier molecular flexibility index (Phi) is 3.33. The Balaban J connectivity index is 1.62. The van der Waals surface area contributed by atoms with Crippen molar-refractivity contribution in [1.29, 1.82) is 0 Å². The van der Waals surface area contributed by atoms with E-state index in [1.54, 1.807) is 6.20 Å². The normalized spacial score (nSPS) is 25.7. The van der Waals surface area contributed by atoms with Crippen LogP contribution in [0.4, 0.5) is 19.4 Å². The van der Waals surface area contributed by atoms with Crippen LogP contribution in [0.5, 0.6) is 0 Å². The zero-order chi connectivity index (χ0) is 16.9. The molecule has 3 heterocycles. The van der Waals surface area contributed by atoms with Crippen molar-refractivity contribution in [3.8, 4) is 0 Å². The first-order valence-corrected chi connectivity index (χ1v) is 7.90. The van der Waals surface area contributed by atoms with Crippen molar-refractivity contribution < 1.29 is 18.7 Å². The molecule has 0 spiro atoms. The molecule has 1 saturated heterocycles. The Morgan fingerprint density at radius 3 is 2.96 bits per heavy atom. The summed E-state index contributed by atoms with van der Waals surface area (Å²) in [7, 11) is 0. The van der Waals surface area contributed by atoms with Crippen LogP contribution in [0, 0.1) is 0 Å². The third kappa shape index (κ3) is 2.53. The van der Waals surface area contributed by atoms with Crippen molar-refractivity contribution in [3.63, 3.8) is 0 Å². The number of H-pyrrole nitrogens is 1. The molecule has 7 nitrogen and oxygen atoms in total. The number of carbonyl (C=O) groups is 1. The Morgan fingerprint density at radius 2 is 2.25 bits per heavy atom. The van der Waals surface area contributed by atoms with Gasteiger partial charge >= 0.3 is 6.09 Å². The maximum atomic E-state index is 13.5. The van der Waals surface area contributed by atoms with Gasteiger partial charge in [-0.1, -0.05) is 0 Å². The molecule has 0 bridgehead atoms. The second-order valence-electron chi connectivity index (χ2n) is 6.42. The molecule has 0 aromatic carbocycles. The van der Waals surface area contributed by atoms with Gasteiger partial charge in [0.15, 0.2) is 0 Å². The molecule has 3 N–H and O–H groups in total. The molecule has 2 aromatic rings. The summed E-state index contributed by atoms with van der Waals surface area (Å²) in [6.45, 7) is 0.858. The minimum Gasteiger partial charge on any atom is -0.465 e. The van der Waals surface area contributed by atoms with Gasteiger partial charge in [-0.3, -0.25) is 0 Å². The number of rotatable bonds is 3. The molecule has 4 rings (SSSR count). The number of aromatic nitrogens is 3. The molecule has 24 heavy (non-hydrogen) atoms. The maximum Gasteiger partial charge on any atom is 0.407 e. The van der Waals surface area contributed by atoms with E-state index in [9.17, 15) is 13.6 Å². The number of likely N-dealkylation sites (tertiary alicyclic amines) is 1. The van der Waals surface area contributed by atoms with Gasteiger partial charge in [0.05, 0.1) is 11.3 Å². The third-order valence-electron chi connectivity index (χ3n) is 4.73. The fourth-order valence-corrected chi connectivity index (χ4v) is 3.38. The molecule has 2 aliphatic rings. The molecule has 1 saturated carbocycles. The van der Waals surface area contributed by atoms with Gasteiger partial charge in [0.25, 0.3) is 5.92 Å². The van der Waals surface area contributed by atoms with E-state index in [0.29, 0.717) is 35.5 Å². The number of halogens is 2. The number of nitrogens with zero attached hydrogens (tertiary/aromatic N) is 3. The van der Waals surface area contributed by atoms with E-state index in [1.807, 2.05) is 0 Å². The number of carboxylic acid groups (broad SMARTS) is 1. The Labute approximate surface area is 136 Å². The fraction of sp³-hybridized carbons (Fsp3) is 0.533. The second-order valence-corrected chi connectivity index (χ2v) is 6.42. The average molecular weight is 337 g/mol. The van der Waals surface area contributed by atoms with Crippen LogP contribution in [0.3, 0.4) is 0 Å². The molecule has 1 aliphatic carbocycles. The zero-order valence-electron chi connectivity index (χ0n) is 12.8. The second kappa shape index (κ2) is 5.29. The summed E-state index contributed by atoms with van der Waals surface area (Å²) in [6, 6.07) is -0.101. The molecule has 2 atom stereocenters. The number of amides is 1. The van der Waals surface area contributed by atoms with Crippen LogP contribution in [0.1, 0.15) is 30.7 Å². The number of alkyl halides is 2. The number of anilines is 1.